The van der Waals surface area contributed by atoms with Gasteiger partial charge in [0, 0.05) is 5.39 Å². The Balaban J connectivity index is 3.06. The van der Waals surface area contributed by atoms with Crippen LogP contribution < -0.4 is 5.63 Å². The van der Waals surface area contributed by atoms with E-state index in [0.29, 0.717) is 16.9 Å². The van der Waals surface area contributed by atoms with Crippen molar-refractivity contribution in [3.05, 3.63) is 33.8 Å². The fraction of sp³-hybridized carbons (Fsp3) is 0.300. The van der Waals surface area contributed by atoms with Gasteiger partial charge in [0.25, 0.3) is 0 Å². The quantitative estimate of drug-likeness (QED) is 0.621. The molecule has 0 radical (unpaired) electrons. The van der Waals surface area contributed by atoms with Gasteiger partial charge in [0.15, 0.2) is 0 Å². The monoisotopic (exact) mass is 178 g/mol. The van der Waals surface area contributed by atoms with Crippen LogP contribution in [0.15, 0.2) is 19.7 Å². The molecule has 0 bridgehead atoms. The molecule has 0 saturated carbocycles. The molecule has 0 atom stereocenters. The largest absolute Gasteiger partial charge is 0.465 e. The molecular formula is C10H10O3. The molecule has 0 amide bonds. The molecule has 3 nitrogen and oxygen atoms in total. The van der Waals surface area contributed by atoms with E-state index in [1.807, 2.05) is 13.0 Å². The standard InChI is InChI=1S/C10H10O3/c1-5-4-8-6(2)13-7(3)9(8)10(11)12-5/h4H,1-3H3. The minimum absolute atomic E-state index is 0.315. The topological polar surface area (TPSA) is 43.4 Å². The van der Waals surface area contributed by atoms with Crippen LogP contribution in [0.4, 0.5) is 0 Å². The van der Waals surface area contributed by atoms with Crippen LogP contribution in [0.2, 0.25) is 0 Å². The van der Waals surface area contributed by atoms with Gasteiger partial charge in [-0.15, -0.1) is 0 Å². The molecule has 0 aliphatic carbocycles. The highest BCUT2D eigenvalue weighted by Gasteiger charge is 2.11. The Bertz CT molecular complexity index is 517. The van der Waals surface area contributed by atoms with E-state index in [4.69, 9.17) is 8.83 Å². The van der Waals surface area contributed by atoms with E-state index in [2.05, 4.69) is 0 Å². The third kappa shape index (κ3) is 1.08. The molecule has 2 aromatic heterocycles. The maximum Gasteiger partial charge on any atom is 0.347 e. The van der Waals surface area contributed by atoms with Crippen LogP contribution in [0, 0.1) is 20.8 Å². The molecule has 2 rings (SSSR count). The normalized spacial score (nSPS) is 11.0. The molecule has 0 aliphatic rings. The minimum Gasteiger partial charge on any atom is -0.465 e. The summed E-state index contributed by atoms with van der Waals surface area (Å²) < 4.78 is 10.3. The second-order valence-corrected chi connectivity index (χ2v) is 3.15. The van der Waals surface area contributed by atoms with Crippen molar-refractivity contribution in [1.29, 1.82) is 0 Å². The van der Waals surface area contributed by atoms with Crippen LogP contribution in [0.5, 0.6) is 0 Å². The summed E-state index contributed by atoms with van der Waals surface area (Å²) in [4.78, 5) is 11.4. The average Bonchev–Trinajstić information content (AvgIpc) is 2.27. The Kier molecular flexibility index (Phi) is 1.55. The number of fused-ring (bicyclic) bond motifs is 1. The van der Waals surface area contributed by atoms with E-state index in [9.17, 15) is 4.79 Å². The third-order valence-electron chi connectivity index (χ3n) is 2.11. The molecule has 0 saturated heterocycles. The van der Waals surface area contributed by atoms with Crippen molar-refractivity contribution in [2.24, 2.45) is 0 Å². The molecule has 3 heteroatoms. The molecule has 0 spiro atoms. The summed E-state index contributed by atoms with van der Waals surface area (Å²) in [5.41, 5.74) is -0.315. The minimum atomic E-state index is -0.315. The zero-order valence-corrected chi connectivity index (χ0v) is 7.80. The predicted molar refractivity (Wildman–Crippen MR) is 49.0 cm³/mol. The van der Waals surface area contributed by atoms with Gasteiger partial charge in [-0.2, -0.15) is 0 Å². The van der Waals surface area contributed by atoms with Crippen molar-refractivity contribution in [3.8, 4) is 0 Å². The maximum absolute atomic E-state index is 11.4. The van der Waals surface area contributed by atoms with Crippen LogP contribution in [0.3, 0.4) is 0 Å². The number of hydrogen-bond donors (Lipinski definition) is 0. The van der Waals surface area contributed by atoms with Gasteiger partial charge >= 0.3 is 5.63 Å². The summed E-state index contributed by atoms with van der Waals surface area (Å²) in [6.07, 6.45) is 0. The number of rotatable bonds is 0. The molecule has 2 aromatic rings. The average molecular weight is 178 g/mol. The second kappa shape index (κ2) is 2.49. The van der Waals surface area contributed by atoms with Crippen molar-refractivity contribution in [3.63, 3.8) is 0 Å². The lowest BCUT2D eigenvalue weighted by atomic mass is 10.2. The molecule has 0 aromatic carbocycles. The molecule has 0 fully saturated rings. The Hall–Kier alpha value is -1.51. The summed E-state index contributed by atoms with van der Waals surface area (Å²) in [6, 6.07) is 1.82. The van der Waals surface area contributed by atoms with Crippen LogP contribution in [0.25, 0.3) is 10.8 Å². The number of hydrogen-bond acceptors (Lipinski definition) is 3. The van der Waals surface area contributed by atoms with Crippen molar-refractivity contribution in [1.82, 2.24) is 0 Å². The lowest BCUT2D eigenvalue weighted by Gasteiger charge is -1.91. The van der Waals surface area contributed by atoms with Gasteiger partial charge in [-0.1, -0.05) is 0 Å². The Morgan fingerprint density at radius 3 is 2.46 bits per heavy atom. The van der Waals surface area contributed by atoms with E-state index in [0.717, 1.165) is 11.1 Å². The molecule has 0 unspecified atom stereocenters. The van der Waals surface area contributed by atoms with Crippen LogP contribution in [-0.2, 0) is 0 Å². The molecule has 0 aliphatic heterocycles. The van der Waals surface area contributed by atoms with Crippen LogP contribution >= 0.6 is 0 Å². The highest BCUT2D eigenvalue weighted by Crippen LogP contribution is 2.22. The molecule has 0 N–H and O–H groups in total. The van der Waals surface area contributed by atoms with Crippen molar-refractivity contribution in [2.45, 2.75) is 20.8 Å². The first kappa shape index (κ1) is 8.10. The fourth-order valence-corrected chi connectivity index (χ4v) is 1.56. The fourth-order valence-electron chi connectivity index (χ4n) is 1.56. The molecule has 13 heavy (non-hydrogen) atoms. The van der Waals surface area contributed by atoms with Gasteiger partial charge in [0.1, 0.15) is 22.7 Å². The van der Waals surface area contributed by atoms with Gasteiger partial charge in [-0.25, -0.2) is 4.79 Å². The van der Waals surface area contributed by atoms with Crippen molar-refractivity contribution in [2.75, 3.05) is 0 Å². The highest BCUT2D eigenvalue weighted by atomic mass is 16.4. The molecular weight excluding hydrogens is 168 g/mol. The van der Waals surface area contributed by atoms with E-state index < -0.39 is 0 Å². The van der Waals surface area contributed by atoms with Gasteiger partial charge < -0.3 is 8.83 Å². The maximum atomic E-state index is 11.4. The van der Waals surface area contributed by atoms with E-state index in [-0.39, 0.29) is 5.63 Å². The Labute approximate surface area is 75.0 Å². The lowest BCUT2D eigenvalue weighted by Crippen LogP contribution is -1.99. The first-order valence-corrected chi connectivity index (χ1v) is 4.10. The van der Waals surface area contributed by atoms with Gasteiger partial charge in [-0.3, -0.25) is 0 Å². The van der Waals surface area contributed by atoms with Gasteiger partial charge in [-0.05, 0) is 26.8 Å². The first-order chi connectivity index (χ1) is 6.09. The lowest BCUT2D eigenvalue weighted by molar-refractivity contribution is 0.485. The van der Waals surface area contributed by atoms with Crippen molar-refractivity contribution < 1.29 is 8.83 Å². The Morgan fingerprint density at radius 1 is 1.08 bits per heavy atom. The summed E-state index contributed by atoms with van der Waals surface area (Å²) in [6.45, 7) is 5.36. The zero-order chi connectivity index (χ0) is 9.59. The van der Waals surface area contributed by atoms with E-state index in [1.54, 1.807) is 13.8 Å². The first-order valence-electron chi connectivity index (χ1n) is 4.10. The van der Waals surface area contributed by atoms with E-state index in [1.165, 1.54) is 0 Å². The summed E-state index contributed by atoms with van der Waals surface area (Å²) in [5.74, 6) is 2.01. The SMILES string of the molecule is Cc1cc2c(C)oc(C)c2c(=O)o1. The smallest absolute Gasteiger partial charge is 0.347 e. The highest BCUT2D eigenvalue weighted by molar-refractivity contribution is 5.85. The predicted octanol–water partition coefficient (Wildman–Crippen LogP) is 2.31. The summed E-state index contributed by atoms with van der Waals surface area (Å²) >= 11 is 0. The van der Waals surface area contributed by atoms with Crippen LogP contribution in [-0.4, -0.2) is 0 Å². The van der Waals surface area contributed by atoms with Gasteiger partial charge in [0.2, 0.25) is 0 Å². The summed E-state index contributed by atoms with van der Waals surface area (Å²) in [7, 11) is 0. The van der Waals surface area contributed by atoms with Gasteiger partial charge in [0.05, 0.1) is 0 Å². The second-order valence-electron chi connectivity index (χ2n) is 3.15. The molecule has 2 heterocycles. The number of furan rings is 1. The Morgan fingerprint density at radius 2 is 1.77 bits per heavy atom. The van der Waals surface area contributed by atoms with Crippen molar-refractivity contribution >= 4 is 10.8 Å². The third-order valence-corrected chi connectivity index (χ3v) is 2.11. The number of aryl methyl sites for hydroxylation is 3. The van der Waals surface area contributed by atoms with Crippen LogP contribution in [0.1, 0.15) is 17.3 Å². The molecule has 68 valence electrons. The zero-order valence-electron chi connectivity index (χ0n) is 7.80. The summed E-state index contributed by atoms with van der Waals surface area (Å²) in [5, 5.41) is 1.41. The van der Waals surface area contributed by atoms with E-state index >= 15 is 0 Å².